The van der Waals surface area contributed by atoms with Crippen LogP contribution in [0.3, 0.4) is 0 Å². The van der Waals surface area contributed by atoms with Gasteiger partial charge in [-0.1, -0.05) is 6.58 Å². The topological polar surface area (TPSA) is 99.1 Å². The molecule has 0 aliphatic heterocycles. The minimum absolute atomic E-state index is 0.00424. The molecule has 138 valence electrons. The molecule has 0 bridgehead atoms. The number of esters is 2. The average Bonchev–Trinajstić information content (AvgIpc) is 2.46. The lowest BCUT2D eigenvalue weighted by Gasteiger charge is -2.28. The molecule has 7 nitrogen and oxygen atoms in total. The number of aliphatic hydroxyl groups is 1. The van der Waals surface area contributed by atoms with Crippen molar-refractivity contribution in [1.82, 2.24) is 0 Å². The maximum atomic E-state index is 12.1. The van der Waals surface area contributed by atoms with Crippen LogP contribution in [0.15, 0.2) is 12.2 Å². The highest BCUT2D eigenvalue weighted by molar-refractivity contribution is 5.89. The number of rotatable bonds is 11. The first kappa shape index (κ1) is 22.3. The van der Waals surface area contributed by atoms with E-state index in [0.29, 0.717) is 0 Å². The SMILES string of the molecule is C=C(C)C(=O)OCCOC(=O)CCC(=O)C(C)(C)OCC(C)(C)O. The van der Waals surface area contributed by atoms with Gasteiger partial charge < -0.3 is 19.3 Å². The fraction of sp³-hybridized carbons (Fsp3) is 0.706. The van der Waals surface area contributed by atoms with Gasteiger partial charge in [-0.25, -0.2) is 4.79 Å². The van der Waals surface area contributed by atoms with Crippen molar-refractivity contribution in [3.8, 4) is 0 Å². The lowest BCUT2D eigenvalue weighted by Crippen LogP contribution is -2.40. The molecule has 0 fully saturated rings. The van der Waals surface area contributed by atoms with Crippen LogP contribution in [0.25, 0.3) is 0 Å². The van der Waals surface area contributed by atoms with E-state index in [1.54, 1.807) is 27.7 Å². The number of Topliss-reactive ketones (excluding diaryl/α,β-unsaturated/α-hetero) is 1. The Bertz CT molecular complexity index is 472. The number of carbonyl (C=O) groups excluding carboxylic acids is 3. The van der Waals surface area contributed by atoms with Gasteiger partial charge in [-0.15, -0.1) is 0 Å². The summed E-state index contributed by atoms with van der Waals surface area (Å²) in [6, 6.07) is 0. The summed E-state index contributed by atoms with van der Waals surface area (Å²) in [5, 5.41) is 9.62. The van der Waals surface area contributed by atoms with E-state index in [-0.39, 0.29) is 44.0 Å². The Morgan fingerprint density at radius 2 is 1.54 bits per heavy atom. The van der Waals surface area contributed by atoms with Gasteiger partial charge in [0.05, 0.1) is 18.6 Å². The molecular weight excluding hydrogens is 316 g/mol. The predicted molar refractivity (Wildman–Crippen MR) is 87.3 cm³/mol. The molecule has 0 rings (SSSR count). The summed E-state index contributed by atoms with van der Waals surface area (Å²) < 4.78 is 15.1. The van der Waals surface area contributed by atoms with Crippen molar-refractivity contribution < 1.29 is 33.7 Å². The first-order chi connectivity index (χ1) is 10.8. The highest BCUT2D eigenvalue weighted by Gasteiger charge is 2.30. The van der Waals surface area contributed by atoms with Crippen LogP contribution in [0.4, 0.5) is 0 Å². The molecule has 0 radical (unpaired) electrons. The smallest absolute Gasteiger partial charge is 0.333 e. The average molecular weight is 344 g/mol. The zero-order valence-electron chi connectivity index (χ0n) is 15.1. The molecule has 0 heterocycles. The molecule has 0 aliphatic carbocycles. The van der Waals surface area contributed by atoms with Gasteiger partial charge in [0.2, 0.25) is 0 Å². The van der Waals surface area contributed by atoms with Gasteiger partial charge in [0.1, 0.15) is 18.8 Å². The van der Waals surface area contributed by atoms with Crippen LogP contribution in [-0.4, -0.2) is 53.9 Å². The monoisotopic (exact) mass is 344 g/mol. The molecule has 7 heteroatoms. The van der Waals surface area contributed by atoms with E-state index in [1.807, 2.05) is 0 Å². The van der Waals surface area contributed by atoms with Gasteiger partial charge in [0.25, 0.3) is 0 Å². The molecule has 0 atom stereocenters. The minimum Gasteiger partial charge on any atom is -0.462 e. The quantitative estimate of drug-likeness (QED) is 0.345. The van der Waals surface area contributed by atoms with Crippen molar-refractivity contribution in [3.63, 3.8) is 0 Å². The Labute approximate surface area is 143 Å². The first-order valence-electron chi connectivity index (χ1n) is 7.73. The van der Waals surface area contributed by atoms with E-state index in [2.05, 4.69) is 6.58 Å². The zero-order chi connectivity index (χ0) is 19.0. The summed E-state index contributed by atoms with van der Waals surface area (Å²) in [4.78, 5) is 34.8. The van der Waals surface area contributed by atoms with Crippen molar-refractivity contribution >= 4 is 17.7 Å². The second kappa shape index (κ2) is 9.54. The van der Waals surface area contributed by atoms with E-state index < -0.39 is 23.1 Å². The molecule has 0 saturated heterocycles. The fourth-order valence-corrected chi connectivity index (χ4v) is 1.44. The van der Waals surface area contributed by atoms with Gasteiger partial charge in [-0.3, -0.25) is 9.59 Å². The zero-order valence-corrected chi connectivity index (χ0v) is 15.1. The summed E-state index contributed by atoms with van der Waals surface area (Å²) in [7, 11) is 0. The van der Waals surface area contributed by atoms with Crippen LogP contribution in [0.1, 0.15) is 47.5 Å². The van der Waals surface area contributed by atoms with Crippen molar-refractivity contribution in [1.29, 1.82) is 0 Å². The Morgan fingerprint density at radius 3 is 2.04 bits per heavy atom. The Hall–Kier alpha value is -1.73. The Kier molecular flexibility index (Phi) is 8.85. The second-order valence-electron chi connectivity index (χ2n) is 6.67. The van der Waals surface area contributed by atoms with E-state index in [0.717, 1.165) is 0 Å². The third-order valence-electron chi connectivity index (χ3n) is 2.94. The highest BCUT2D eigenvalue weighted by atomic mass is 16.6. The van der Waals surface area contributed by atoms with Crippen LogP contribution in [0, 0.1) is 0 Å². The highest BCUT2D eigenvalue weighted by Crippen LogP contribution is 2.17. The Morgan fingerprint density at radius 1 is 1.00 bits per heavy atom. The largest absolute Gasteiger partial charge is 0.462 e. The molecule has 1 N–H and O–H groups in total. The molecule has 0 amide bonds. The van der Waals surface area contributed by atoms with Crippen LogP contribution in [0.5, 0.6) is 0 Å². The van der Waals surface area contributed by atoms with Gasteiger partial charge >= 0.3 is 11.9 Å². The maximum absolute atomic E-state index is 12.1. The number of carbonyl (C=O) groups is 3. The molecule has 0 unspecified atom stereocenters. The molecule has 0 spiro atoms. The van der Waals surface area contributed by atoms with E-state index in [1.165, 1.54) is 6.92 Å². The van der Waals surface area contributed by atoms with Gasteiger partial charge in [0.15, 0.2) is 5.78 Å². The summed E-state index contributed by atoms with van der Waals surface area (Å²) in [5.41, 5.74) is -1.88. The fourth-order valence-electron chi connectivity index (χ4n) is 1.44. The normalized spacial score (nSPS) is 11.8. The summed E-state index contributed by atoms with van der Waals surface area (Å²) in [5.74, 6) is -1.38. The predicted octanol–water partition coefficient (Wildman–Crippen LogP) is 1.56. The standard InChI is InChI=1S/C17H28O7/c1-12(2)15(20)23-10-9-22-14(19)8-7-13(18)17(5,6)24-11-16(3,4)21/h21H,1,7-11H2,2-6H3. The number of hydrogen-bond donors (Lipinski definition) is 1. The molecule has 0 aromatic rings. The van der Waals surface area contributed by atoms with Crippen LogP contribution in [-0.2, 0) is 28.6 Å². The molecule has 0 saturated carbocycles. The first-order valence-corrected chi connectivity index (χ1v) is 7.73. The van der Waals surface area contributed by atoms with Crippen molar-refractivity contribution in [2.24, 2.45) is 0 Å². The number of ether oxygens (including phenoxy) is 3. The third-order valence-corrected chi connectivity index (χ3v) is 2.94. The Balaban J connectivity index is 4.06. The molecule has 24 heavy (non-hydrogen) atoms. The third kappa shape index (κ3) is 10.1. The lowest BCUT2D eigenvalue weighted by molar-refractivity contribution is -0.154. The molecule has 0 aromatic carbocycles. The number of hydrogen-bond acceptors (Lipinski definition) is 7. The minimum atomic E-state index is -1.10. The van der Waals surface area contributed by atoms with E-state index in [4.69, 9.17) is 14.2 Å². The van der Waals surface area contributed by atoms with Gasteiger partial charge in [-0.2, -0.15) is 0 Å². The summed E-state index contributed by atoms with van der Waals surface area (Å²) in [6.45, 7) is 11.1. The lowest BCUT2D eigenvalue weighted by atomic mass is 9.99. The van der Waals surface area contributed by atoms with Gasteiger partial charge in [-0.05, 0) is 34.6 Å². The van der Waals surface area contributed by atoms with E-state index >= 15 is 0 Å². The van der Waals surface area contributed by atoms with Crippen LogP contribution >= 0.6 is 0 Å². The van der Waals surface area contributed by atoms with Crippen molar-refractivity contribution in [2.45, 2.75) is 58.7 Å². The molecule has 0 aromatic heterocycles. The maximum Gasteiger partial charge on any atom is 0.333 e. The number of ketones is 1. The van der Waals surface area contributed by atoms with E-state index in [9.17, 15) is 19.5 Å². The van der Waals surface area contributed by atoms with Crippen molar-refractivity contribution in [3.05, 3.63) is 12.2 Å². The second-order valence-corrected chi connectivity index (χ2v) is 6.67. The van der Waals surface area contributed by atoms with Crippen LogP contribution in [0.2, 0.25) is 0 Å². The molecule has 0 aliphatic rings. The summed E-state index contributed by atoms with van der Waals surface area (Å²) >= 11 is 0. The molecular formula is C17H28O7. The van der Waals surface area contributed by atoms with Gasteiger partial charge in [0, 0.05) is 12.0 Å². The summed E-state index contributed by atoms with van der Waals surface area (Å²) in [6.07, 6.45) is -0.133. The van der Waals surface area contributed by atoms with Crippen molar-refractivity contribution in [2.75, 3.05) is 19.8 Å². The van der Waals surface area contributed by atoms with Crippen LogP contribution < -0.4 is 0 Å².